The minimum atomic E-state index is -0.471. The van der Waals surface area contributed by atoms with Crippen molar-refractivity contribution in [1.82, 2.24) is 0 Å². The molecule has 0 bridgehead atoms. The summed E-state index contributed by atoms with van der Waals surface area (Å²) in [5, 5.41) is 9.64. The van der Waals surface area contributed by atoms with Gasteiger partial charge in [0.15, 0.2) is 0 Å². The molecule has 0 heterocycles. The number of rotatable bonds is 3. The maximum Gasteiger partial charge on any atom is 0.0597 e. The van der Waals surface area contributed by atoms with Crippen LogP contribution < -0.4 is 0 Å². The van der Waals surface area contributed by atoms with Gasteiger partial charge in [0.1, 0.15) is 0 Å². The van der Waals surface area contributed by atoms with E-state index >= 15 is 0 Å². The molecule has 0 atom stereocenters. The molecule has 0 radical (unpaired) electrons. The highest BCUT2D eigenvalue weighted by Gasteiger charge is 2.47. The van der Waals surface area contributed by atoms with E-state index in [2.05, 4.69) is 13.8 Å². The van der Waals surface area contributed by atoms with Gasteiger partial charge in [-0.15, -0.1) is 0 Å². The second kappa shape index (κ2) is 2.48. The molecule has 11 heavy (non-hydrogen) atoms. The van der Waals surface area contributed by atoms with Crippen LogP contribution in [0.25, 0.3) is 0 Å². The van der Waals surface area contributed by atoms with Crippen LogP contribution in [0.5, 0.6) is 0 Å². The highest BCUT2D eigenvalue weighted by molar-refractivity contribution is 4.98. The Kier molecular flexibility index (Phi) is 2.04. The van der Waals surface area contributed by atoms with Gasteiger partial charge in [0.2, 0.25) is 0 Å². The average Bonchev–Trinajstić information content (AvgIpc) is 2.43. The maximum atomic E-state index is 9.64. The van der Waals surface area contributed by atoms with Gasteiger partial charge >= 0.3 is 0 Å². The number of hydrogen-bond acceptors (Lipinski definition) is 1. The largest absolute Gasteiger partial charge is 0.390 e. The fraction of sp³-hybridized carbons (Fsp3) is 1.00. The van der Waals surface area contributed by atoms with Crippen molar-refractivity contribution in [2.45, 2.75) is 52.6 Å². The molecule has 0 saturated heterocycles. The first kappa shape index (κ1) is 9.05. The summed E-state index contributed by atoms with van der Waals surface area (Å²) in [4.78, 5) is 0. The number of aliphatic hydroxyl groups is 1. The van der Waals surface area contributed by atoms with E-state index in [1.807, 2.05) is 13.8 Å². The predicted molar refractivity (Wildman–Crippen MR) is 47.4 cm³/mol. The molecule has 0 unspecified atom stereocenters. The fourth-order valence-corrected chi connectivity index (χ4v) is 1.98. The Morgan fingerprint density at radius 3 is 1.91 bits per heavy atom. The van der Waals surface area contributed by atoms with Crippen LogP contribution in [-0.4, -0.2) is 10.7 Å². The van der Waals surface area contributed by atoms with Crippen LogP contribution in [-0.2, 0) is 0 Å². The van der Waals surface area contributed by atoms with E-state index in [1.165, 1.54) is 12.8 Å². The molecule has 0 aromatic carbocycles. The summed E-state index contributed by atoms with van der Waals surface area (Å²) >= 11 is 0. The Bertz CT molecular complexity index is 137. The summed E-state index contributed by atoms with van der Waals surface area (Å²) in [7, 11) is 0. The molecular formula is C10H20O. The summed E-state index contributed by atoms with van der Waals surface area (Å²) in [5.41, 5.74) is 0.0129. The maximum absolute atomic E-state index is 9.64. The first-order chi connectivity index (χ1) is 4.86. The monoisotopic (exact) mass is 156 g/mol. The van der Waals surface area contributed by atoms with Crippen molar-refractivity contribution >= 4 is 0 Å². The summed E-state index contributed by atoms with van der Waals surface area (Å²) in [5.74, 6) is 0.730. The molecule has 1 N–H and O–H groups in total. The third-order valence-electron chi connectivity index (χ3n) is 2.90. The van der Waals surface area contributed by atoms with Gasteiger partial charge in [0, 0.05) is 0 Å². The van der Waals surface area contributed by atoms with Crippen molar-refractivity contribution in [3.05, 3.63) is 0 Å². The smallest absolute Gasteiger partial charge is 0.0597 e. The van der Waals surface area contributed by atoms with Crippen LogP contribution in [0, 0.1) is 11.3 Å². The van der Waals surface area contributed by atoms with E-state index in [9.17, 15) is 5.11 Å². The molecule has 0 spiro atoms. The highest BCUT2D eigenvalue weighted by Crippen LogP contribution is 2.56. The normalized spacial score (nSPS) is 22.4. The van der Waals surface area contributed by atoms with Crippen LogP contribution in [0.15, 0.2) is 0 Å². The molecule has 0 aromatic rings. The molecule has 1 aliphatic rings. The Balaban J connectivity index is 2.48. The van der Waals surface area contributed by atoms with Gasteiger partial charge in [-0.1, -0.05) is 13.8 Å². The lowest BCUT2D eigenvalue weighted by Gasteiger charge is -2.27. The van der Waals surface area contributed by atoms with E-state index in [0.29, 0.717) is 5.41 Å². The number of hydrogen-bond donors (Lipinski definition) is 1. The van der Waals surface area contributed by atoms with Crippen molar-refractivity contribution in [2.24, 2.45) is 11.3 Å². The molecular weight excluding hydrogens is 136 g/mol. The quantitative estimate of drug-likeness (QED) is 0.666. The Labute approximate surface area is 69.8 Å². The van der Waals surface area contributed by atoms with Crippen LogP contribution in [0.3, 0.4) is 0 Å². The van der Waals surface area contributed by atoms with E-state index in [4.69, 9.17) is 0 Å². The molecule has 1 nitrogen and oxygen atoms in total. The van der Waals surface area contributed by atoms with Gasteiger partial charge in [0.05, 0.1) is 5.60 Å². The van der Waals surface area contributed by atoms with Crippen molar-refractivity contribution in [3.63, 3.8) is 0 Å². The topological polar surface area (TPSA) is 20.2 Å². The first-order valence-corrected chi connectivity index (χ1v) is 4.58. The average molecular weight is 156 g/mol. The van der Waals surface area contributed by atoms with Crippen molar-refractivity contribution in [3.8, 4) is 0 Å². The van der Waals surface area contributed by atoms with Crippen LogP contribution in [0.1, 0.15) is 47.0 Å². The highest BCUT2D eigenvalue weighted by atomic mass is 16.3. The molecule has 0 amide bonds. The summed E-state index contributed by atoms with van der Waals surface area (Å²) in [6, 6.07) is 0. The molecule has 1 fully saturated rings. The Hall–Kier alpha value is -0.0400. The SMILES string of the molecule is CC(C)C1(CC(C)(C)O)CC1. The van der Waals surface area contributed by atoms with Gasteiger partial charge < -0.3 is 5.11 Å². The van der Waals surface area contributed by atoms with E-state index in [-0.39, 0.29) is 0 Å². The third kappa shape index (κ3) is 2.19. The van der Waals surface area contributed by atoms with E-state index < -0.39 is 5.60 Å². The van der Waals surface area contributed by atoms with Crippen LogP contribution >= 0.6 is 0 Å². The van der Waals surface area contributed by atoms with Gasteiger partial charge in [0.25, 0.3) is 0 Å². The molecule has 1 aliphatic carbocycles. The molecule has 66 valence electrons. The molecule has 1 heteroatoms. The second-order valence-corrected chi connectivity index (χ2v) is 5.01. The van der Waals surface area contributed by atoms with Crippen LogP contribution in [0.4, 0.5) is 0 Å². The predicted octanol–water partition coefficient (Wildman–Crippen LogP) is 2.58. The van der Waals surface area contributed by atoms with Gasteiger partial charge in [-0.05, 0) is 44.4 Å². The van der Waals surface area contributed by atoms with Crippen LogP contribution in [0.2, 0.25) is 0 Å². The minimum absolute atomic E-state index is 0.471. The lowest BCUT2D eigenvalue weighted by molar-refractivity contribution is 0.0375. The van der Waals surface area contributed by atoms with E-state index in [1.54, 1.807) is 0 Å². The summed E-state index contributed by atoms with van der Waals surface area (Å²) in [6.07, 6.45) is 3.60. The third-order valence-corrected chi connectivity index (χ3v) is 2.90. The Morgan fingerprint density at radius 2 is 1.82 bits per heavy atom. The zero-order chi connectivity index (χ0) is 8.70. The second-order valence-electron chi connectivity index (χ2n) is 5.01. The lowest BCUT2D eigenvalue weighted by atomic mass is 9.82. The van der Waals surface area contributed by atoms with Gasteiger partial charge in [-0.3, -0.25) is 0 Å². The lowest BCUT2D eigenvalue weighted by Crippen LogP contribution is -2.26. The van der Waals surface area contributed by atoms with Gasteiger partial charge in [-0.2, -0.15) is 0 Å². The van der Waals surface area contributed by atoms with Crippen molar-refractivity contribution < 1.29 is 5.11 Å². The summed E-state index contributed by atoms with van der Waals surface area (Å²) < 4.78 is 0. The van der Waals surface area contributed by atoms with Crippen molar-refractivity contribution in [2.75, 3.05) is 0 Å². The van der Waals surface area contributed by atoms with Crippen molar-refractivity contribution in [1.29, 1.82) is 0 Å². The first-order valence-electron chi connectivity index (χ1n) is 4.58. The zero-order valence-electron chi connectivity index (χ0n) is 8.15. The summed E-state index contributed by atoms with van der Waals surface area (Å²) in [6.45, 7) is 8.35. The molecule has 1 rings (SSSR count). The minimum Gasteiger partial charge on any atom is -0.390 e. The molecule has 1 saturated carbocycles. The standard InChI is InChI=1S/C10H20O/c1-8(2)10(5-6-10)7-9(3,4)11/h8,11H,5-7H2,1-4H3. The van der Waals surface area contributed by atoms with Gasteiger partial charge in [-0.25, -0.2) is 0 Å². The molecule has 0 aliphatic heterocycles. The van der Waals surface area contributed by atoms with E-state index in [0.717, 1.165) is 12.3 Å². The Morgan fingerprint density at radius 1 is 1.36 bits per heavy atom. The zero-order valence-corrected chi connectivity index (χ0v) is 8.15. The molecule has 0 aromatic heterocycles. The fourth-order valence-electron chi connectivity index (χ4n) is 1.98.